The van der Waals surface area contributed by atoms with Crippen molar-refractivity contribution in [1.82, 2.24) is 0 Å². The Morgan fingerprint density at radius 2 is 1.90 bits per heavy atom. The molecule has 1 aromatic rings. The van der Waals surface area contributed by atoms with Gasteiger partial charge >= 0.3 is 5.97 Å². The Bertz CT molecular complexity index is 497. The number of hydrogen-bond donors (Lipinski definition) is 2. The van der Waals surface area contributed by atoms with Crippen molar-refractivity contribution in [1.29, 1.82) is 0 Å². The summed E-state index contributed by atoms with van der Waals surface area (Å²) in [6, 6.07) is 7.40. The fraction of sp³-hybridized carbons (Fsp3) is 0.500. The van der Waals surface area contributed by atoms with Crippen molar-refractivity contribution >= 4 is 17.6 Å². The van der Waals surface area contributed by atoms with Gasteiger partial charge in [0.25, 0.3) is 0 Å². The number of carbonyl (C=O) groups excluding carboxylic acids is 1. The van der Waals surface area contributed by atoms with Gasteiger partial charge in [0, 0.05) is 12.8 Å². The van der Waals surface area contributed by atoms with Crippen molar-refractivity contribution in [3.63, 3.8) is 0 Å². The number of hydrogen-bond acceptors (Lipinski definition) is 3. The minimum atomic E-state index is -0.825. The van der Waals surface area contributed by atoms with Crippen molar-refractivity contribution in [2.75, 3.05) is 11.9 Å². The molecule has 0 spiro atoms. The van der Waals surface area contributed by atoms with Crippen molar-refractivity contribution in [3.8, 4) is 5.75 Å². The Morgan fingerprint density at radius 1 is 1.19 bits per heavy atom. The minimum Gasteiger partial charge on any atom is -0.491 e. The normalized spacial score (nSPS) is 13.7. The van der Waals surface area contributed by atoms with E-state index >= 15 is 0 Å². The third-order valence-electron chi connectivity index (χ3n) is 3.38. The Balaban J connectivity index is 1.77. The zero-order valence-electron chi connectivity index (χ0n) is 12.0. The molecule has 1 saturated carbocycles. The molecule has 2 rings (SSSR count). The van der Waals surface area contributed by atoms with Gasteiger partial charge in [0.15, 0.2) is 0 Å². The standard InChI is InChI=1S/C16H21NO4/c18-15(7-3-4-8-16(19)20)17-13-5-1-2-6-14(13)21-11-12-9-10-12/h1-2,5-6,12H,3-4,7-11H2,(H,17,18)(H,19,20). The molecule has 5 nitrogen and oxygen atoms in total. The molecular weight excluding hydrogens is 270 g/mol. The van der Waals surface area contributed by atoms with Crippen LogP contribution >= 0.6 is 0 Å². The molecule has 1 fully saturated rings. The number of carboxylic acid groups (broad SMARTS) is 1. The predicted molar refractivity (Wildman–Crippen MR) is 79.4 cm³/mol. The average Bonchev–Trinajstić information content (AvgIpc) is 3.27. The van der Waals surface area contributed by atoms with Gasteiger partial charge in [-0.2, -0.15) is 0 Å². The summed E-state index contributed by atoms with van der Waals surface area (Å²) >= 11 is 0. The summed E-state index contributed by atoms with van der Waals surface area (Å²) in [5, 5.41) is 11.4. The molecule has 1 aliphatic carbocycles. The summed E-state index contributed by atoms with van der Waals surface area (Å²) < 4.78 is 5.73. The summed E-state index contributed by atoms with van der Waals surface area (Å²) in [6.45, 7) is 0.700. The lowest BCUT2D eigenvalue weighted by Crippen LogP contribution is -2.13. The molecule has 1 aromatic carbocycles. The fourth-order valence-electron chi connectivity index (χ4n) is 1.96. The highest BCUT2D eigenvalue weighted by atomic mass is 16.5. The molecule has 114 valence electrons. The van der Waals surface area contributed by atoms with E-state index in [1.54, 1.807) is 0 Å². The van der Waals surface area contributed by atoms with E-state index in [-0.39, 0.29) is 12.3 Å². The topological polar surface area (TPSA) is 75.6 Å². The van der Waals surface area contributed by atoms with E-state index in [2.05, 4.69) is 5.32 Å². The second-order valence-electron chi connectivity index (χ2n) is 5.40. The second kappa shape index (κ2) is 7.67. The number of rotatable bonds is 9. The summed E-state index contributed by atoms with van der Waals surface area (Å²) in [6.07, 6.45) is 3.96. The quantitative estimate of drug-likeness (QED) is 0.686. The summed E-state index contributed by atoms with van der Waals surface area (Å²) in [5.41, 5.74) is 0.682. The maximum Gasteiger partial charge on any atom is 0.303 e. The molecule has 0 unspecified atom stereocenters. The van der Waals surface area contributed by atoms with Gasteiger partial charge in [0.2, 0.25) is 5.91 Å². The molecule has 0 heterocycles. The van der Waals surface area contributed by atoms with Gasteiger partial charge in [-0.05, 0) is 43.7 Å². The van der Waals surface area contributed by atoms with Gasteiger partial charge < -0.3 is 15.2 Å². The maximum absolute atomic E-state index is 11.8. The van der Waals surface area contributed by atoms with Crippen LogP contribution in [0.5, 0.6) is 5.75 Å². The van der Waals surface area contributed by atoms with Crippen LogP contribution in [0, 0.1) is 5.92 Å². The molecule has 0 saturated heterocycles. The number of nitrogens with one attached hydrogen (secondary N) is 1. The molecule has 0 aliphatic heterocycles. The lowest BCUT2D eigenvalue weighted by atomic mass is 10.2. The van der Waals surface area contributed by atoms with Gasteiger partial charge in [-0.3, -0.25) is 9.59 Å². The number of unbranched alkanes of at least 4 members (excludes halogenated alkanes) is 1. The van der Waals surface area contributed by atoms with E-state index in [0.29, 0.717) is 43.2 Å². The Labute approximate surface area is 124 Å². The summed E-state index contributed by atoms with van der Waals surface area (Å²) in [4.78, 5) is 22.2. The summed E-state index contributed by atoms with van der Waals surface area (Å²) in [7, 11) is 0. The smallest absolute Gasteiger partial charge is 0.303 e. The molecule has 0 atom stereocenters. The zero-order chi connectivity index (χ0) is 15.1. The van der Waals surface area contributed by atoms with E-state index in [1.807, 2.05) is 24.3 Å². The van der Waals surface area contributed by atoms with Crippen molar-refractivity contribution in [2.24, 2.45) is 5.92 Å². The van der Waals surface area contributed by atoms with Crippen LogP contribution in [0.3, 0.4) is 0 Å². The maximum atomic E-state index is 11.8. The molecule has 5 heteroatoms. The first-order valence-corrected chi connectivity index (χ1v) is 7.38. The van der Waals surface area contributed by atoms with Crippen LogP contribution in [-0.4, -0.2) is 23.6 Å². The third kappa shape index (κ3) is 5.85. The molecule has 0 bridgehead atoms. The van der Waals surface area contributed by atoms with Crippen LogP contribution in [0.2, 0.25) is 0 Å². The number of benzene rings is 1. The Morgan fingerprint density at radius 3 is 2.62 bits per heavy atom. The molecule has 2 N–H and O–H groups in total. The lowest BCUT2D eigenvalue weighted by Gasteiger charge is -2.12. The SMILES string of the molecule is O=C(O)CCCCC(=O)Nc1ccccc1OCC1CC1. The number of anilines is 1. The lowest BCUT2D eigenvalue weighted by molar-refractivity contribution is -0.137. The highest BCUT2D eigenvalue weighted by molar-refractivity contribution is 5.92. The third-order valence-corrected chi connectivity index (χ3v) is 3.38. The fourth-order valence-corrected chi connectivity index (χ4v) is 1.96. The number of amides is 1. The Kier molecular flexibility index (Phi) is 5.60. The first-order valence-electron chi connectivity index (χ1n) is 7.38. The number of aliphatic carboxylic acids is 1. The largest absolute Gasteiger partial charge is 0.491 e. The highest BCUT2D eigenvalue weighted by Gasteiger charge is 2.22. The summed E-state index contributed by atoms with van der Waals surface area (Å²) in [5.74, 6) is 0.421. The van der Waals surface area contributed by atoms with Gasteiger partial charge in [-0.1, -0.05) is 12.1 Å². The van der Waals surface area contributed by atoms with Crippen LogP contribution in [0.15, 0.2) is 24.3 Å². The van der Waals surface area contributed by atoms with Crippen LogP contribution in [-0.2, 0) is 9.59 Å². The van der Waals surface area contributed by atoms with Gasteiger partial charge in [-0.25, -0.2) is 0 Å². The van der Waals surface area contributed by atoms with Crippen LogP contribution in [0.25, 0.3) is 0 Å². The van der Waals surface area contributed by atoms with Gasteiger partial charge in [-0.15, -0.1) is 0 Å². The van der Waals surface area contributed by atoms with E-state index in [0.717, 1.165) is 0 Å². The molecule has 21 heavy (non-hydrogen) atoms. The van der Waals surface area contributed by atoms with Crippen molar-refractivity contribution < 1.29 is 19.4 Å². The van der Waals surface area contributed by atoms with Gasteiger partial charge in [0.1, 0.15) is 5.75 Å². The first kappa shape index (κ1) is 15.4. The Hall–Kier alpha value is -2.04. The zero-order valence-corrected chi connectivity index (χ0v) is 12.0. The monoisotopic (exact) mass is 291 g/mol. The van der Waals surface area contributed by atoms with Crippen LogP contribution < -0.4 is 10.1 Å². The number of ether oxygens (including phenoxy) is 1. The van der Waals surface area contributed by atoms with Gasteiger partial charge in [0.05, 0.1) is 12.3 Å². The molecule has 0 aromatic heterocycles. The van der Waals surface area contributed by atoms with Crippen LogP contribution in [0.1, 0.15) is 38.5 Å². The highest BCUT2D eigenvalue weighted by Crippen LogP contribution is 2.31. The van der Waals surface area contributed by atoms with E-state index in [9.17, 15) is 9.59 Å². The van der Waals surface area contributed by atoms with E-state index in [1.165, 1.54) is 12.8 Å². The molecule has 1 aliphatic rings. The number of para-hydroxylation sites is 2. The average molecular weight is 291 g/mol. The minimum absolute atomic E-state index is 0.106. The van der Waals surface area contributed by atoms with E-state index < -0.39 is 5.97 Å². The second-order valence-corrected chi connectivity index (χ2v) is 5.40. The molecular formula is C16H21NO4. The molecule has 0 radical (unpaired) electrons. The van der Waals surface area contributed by atoms with E-state index in [4.69, 9.17) is 9.84 Å². The first-order chi connectivity index (χ1) is 10.1. The van der Waals surface area contributed by atoms with Crippen LogP contribution in [0.4, 0.5) is 5.69 Å². The van der Waals surface area contributed by atoms with Crippen molar-refractivity contribution in [2.45, 2.75) is 38.5 Å². The number of carbonyl (C=O) groups is 2. The van der Waals surface area contributed by atoms with Crippen molar-refractivity contribution in [3.05, 3.63) is 24.3 Å². The number of carboxylic acids is 1. The predicted octanol–water partition coefficient (Wildman–Crippen LogP) is 3.06. The molecule has 1 amide bonds.